The number of carbonyl (C=O) groups excluding carboxylic acids is 2. The Hall–Kier alpha value is -3.47. The van der Waals surface area contributed by atoms with Gasteiger partial charge < -0.3 is 20.1 Å². The SMILES string of the molecule is CC(C)(C)OC(=O)NC(Cc1ccccc1)C(=O)Nc1cccc2c(S(=O)(=O)NC3COC3)cccc12. The van der Waals surface area contributed by atoms with Crippen LogP contribution in [0.4, 0.5) is 10.5 Å². The van der Waals surface area contributed by atoms with Crippen LogP contribution < -0.4 is 15.4 Å². The number of hydrogen-bond donors (Lipinski definition) is 3. The number of carbonyl (C=O) groups is 2. The van der Waals surface area contributed by atoms with E-state index < -0.39 is 33.7 Å². The van der Waals surface area contributed by atoms with Crippen molar-refractivity contribution in [2.24, 2.45) is 0 Å². The van der Waals surface area contributed by atoms with E-state index in [4.69, 9.17) is 9.47 Å². The summed E-state index contributed by atoms with van der Waals surface area (Å²) >= 11 is 0. The Morgan fingerprint density at radius 1 is 0.973 bits per heavy atom. The van der Waals surface area contributed by atoms with Gasteiger partial charge in [0.25, 0.3) is 0 Å². The van der Waals surface area contributed by atoms with Crippen molar-refractivity contribution in [1.29, 1.82) is 0 Å². The van der Waals surface area contributed by atoms with Crippen LogP contribution >= 0.6 is 0 Å². The molecule has 0 aliphatic carbocycles. The number of amides is 2. The van der Waals surface area contributed by atoms with E-state index in [1.54, 1.807) is 51.1 Å². The van der Waals surface area contributed by atoms with Crippen molar-refractivity contribution in [2.45, 2.75) is 49.8 Å². The Morgan fingerprint density at radius 3 is 2.30 bits per heavy atom. The van der Waals surface area contributed by atoms with Crippen LogP contribution in [0.25, 0.3) is 10.8 Å². The number of fused-ring (bicyclic) bond motifs is 1. The Balaban J connectivity index is 1.61. The molecule has 0 saturated carbocycles. The molecule has 2 amide bonds. The summed E-state index contributed by atoms with van der Waals surface area (Å²) < 4.78 is 39.1. The summed E-state index contributed by atoms with van der Waals surface area (Å²) in [4.78, 5) is 26.0. The zero-order chi connectivity index (χ0) is 26.6. The first-order valence-corrected chi connectivity index (χ1v) is 13.5. The Bertz CT molecular complexity index is 1380. The highest BCUT2D eigenvalue weighted by Crippen LogP contribution is 2.29. The van der Waals surface area contributed by atoms with E-state index in [-0.39, 0.29) is 17.4 Å². The molecule has 37 heavy (non-hydrogen) atoms. The second-order valence-corrected chi connectivity index (χ2v) is 11.6. The minimum atomic E-state index is -3.80. The average Bonchev–Trinajstić information content (AvgIpc) is 2.80. The summed E-state index contributed by atoms with van der Waals surface area (Å²) in [6.07, 6.45) is -0.468. The number of anilines is 1. The lowest BCUT2D eigenvalue weighted by Crippen LogP contribution is -2.48. The monoisotopic (exact) mass is 525 g/mol. The highest BCUT2D eigenvalue weighted by atomic mass is 32.2. The fourth-order valence-electron chi connectivity index (χ4n) is 3.94. The molecule has 0 aromatic heterocycles. The molecule has 0 bridgehead atoms. The molecular formula is C27H31N3O6S. The highest BCUT2D eigenvalue weighted by Gasteiger charge is 2.28. The maximum absolute atomic E-state index is 13.4. The molecule has 0 radical (unpaired) electrons. The predicted octanol–water partition coefficient (Wildman–Crippen LogP) is 3.59. The molecule has 10 heteroatoms. The number of nitrogens with one attached hydrogen (secondary N) is 3. The molecule has 1 unspecified atom stereocenters. The molecule has 4 rings (SSSR count). The first-order chi connectivity index (χ1) is 17.5. The number of ether oxygens (including phenoxy) is 2. The van der Waals surface area contributed by atoms with Gasteiger partial charge in [0.15, 0.2) is 0 Å². The third-order valence-corrected chi connectivity index (χ3v) is 7.26. The van der Waals surface area contributed by atoms with Gasteiger partial charge in [-0.3, -0.25) is 4.79 Å². The second kappa shape index (κ2) is 10.9. The fraction of sp³-hybridized carbons (Fsp3) is 0.333. The van der Waals surface area contributed by atoms with Crippen LogP contribution in [0, 0.1) is 0 Å². The van der Waals surface area contributed by atoms with Crippen molar-refractivity contribution >= 4 is 38.5 Å². The van der Waals surface area contributed by atoms with Crippen molar-refractivity contribution in [1.82, 2.24) is 10.0 Å². The molecule has 3 aromatic rings. The maximum atomic E-state index is 13.4. The zero-order valence-electron chi connectivity index (χ0n) is 21.0. The van der Waals surface area contributed by atoms with E-state index in [9.17, 15) is 18.0 Å². The van der Waals surface area contributed by atoms with Crippen molar-refractivity contribution < 1.29 is 27.5 Å². The van der Waals surface area contributed by atoms with Gasteiger partial charge in [-0.1, -0.05) is 54.6 Å². The Kier molecular flexibility index (Phi) is 7.82. The smallest absolute Gasteiger partial charge is 0.408 e. The van der Waals surface area contributed by atoms with Crippen LogP contribution in [0.2, 0.25) is 0 Å². The standard InChI is InChI=1S/C27H31N3O6S/c1-27(2,3)36-26(32)29-23(15-18-9-5-4-6-10-18)25(31)28-22-13-7-12-21-20(22)11-8-14-24(21)37(33,34)30-19-16-35-17-19/h4-14,19,23,30H,15-17H2,1-3H3,(H,28,31)(H,29,32). The van der Waals surface area contributed by atoms with Crippen molar-refractivity contribution in [2.75, 3.05) is 18.5 Å². The predicted molar refractivity (Wildman–Crippen MR) is 141 cm³/mol. The quantitative estimate of drug-likeness (QED) is 0.413. The number of rotatable bonds is 8. The van der Waals surface area contributed by atoms with Gasteiger partial charge in [-0.05, 0) is 38.5 Å². The van der Waals surface area contributed by atoms with E-state index in [1.165, 1.54) is 6.07 Å². The van der Waals surface area contributed by atoms with Crippen molar-refractivity contribution in [3.63, 3.8) is 0 Å². The summed E-state index contributed by atoms with van der Waals surface area (Å²) in [5.74, 6) is -0.458. The molecule has 1 aliphatic rings. The maximum Gasteiger partial charge on any atom is 0.408 e. The number of sulfonamides is 1. The van der Waals surface area contributed by atoms with Gasteiger partial charge in [-0.2, -0.15) is 0 Å². The van der Waals surface area contributed by atoms with Crippen LogP contribution in [0.5, 0.6) is 0 Å². The average molecular weight is 526 g/mol. The fourth-order valence-corrected chi connectivity index (χ4v) is 5.37. The van der Waals surface area contributed by atoms with Crippen LogP contribution in [0.1, 0.15) is 26.3 Å². The minimum Gasteiger partial charge on any atom is -0.444 e. The third-order valence-electron chi connectivity index (χ3n) is 5.68. The molecular weight excluding hydrogens is 494 g/mol. The lowest BCUT2D eigenvalue weighted by atomic mass is 10.0. The highest BCUT2D eigenvalue weighted by molar-refractivity contribution is 7.89. The number of alkyl carbamates (subject to hydrolysis) is 1. The summed E-state index contributed by atoms with van der Waals surface area (Å²) in [6, 6.07) is 18.1. The molecule has 0 spiro atoms. The van der Waals surface area contributed by atoms with Crippen molar-refractivity contribution in [3.05, 3.63) is 72.3 Å². The van der Waals surface area contributed by atoms with E-state index in [2.05, 4.69) is 15.4 Å². The number of hydrogen-bond acceptors (Lipinski definition) is 6. The van der Waals surface area contributed by atoms with Gasteiger partial charge in [0.05, 0.1) is 24.2 Å². The van der Waals surface area contributed by atoms with Gasteiger partial charge >= 0.3 is 6.09 Å². The summed E-state index contributed by atoms with van der Waals surface area (Å²) in [5.41, 5.74) is 0.557. The molecule has 1 saturated heterocycles. The summed E-state index contributed by atoms with van der Waals surface area (Å²) in [6.45, 7) is 5.89. The molecule has 1 fully saturated rings. The van der Waals surface area contributed by atoms with Gasteiger partial charge in [-0.25, -0.2) is 17.9 Å². The first-order valence-electron chi connectivity index (χ1n) is 12.0. The second-order valence-electron chi connectivity index (χ2n) is 9.89. The first kappa shape index (κ1) is 26.6. The number of benzene rings is 3. The molecule has 9 nitrogen and oxygen atoms in total. The van der Waals surface area contributed by atoms with Crippen LogP contribution in [0.15, 0.2) is 71.6 Å². The van der Waals surface area contributed by atoms with Crippen molar-refractivity contribution in [3.8, 4) is 0 Å². The molecule has 1 atom stereocenters. The van der Waals surface area contributed by atoms with Crippen LogP contribution in [0.3, 0.4) is 0 Å². The lowest BCUT2D eigenvalue weighted by molar-refractivity contribution is -0.118. The zero-order valence-corrected chi connectivity index (χ0v) is 21.8. The van der Waals surface area contributed by atoms with E-state index in [0.717, 1.165) is 5.56 Å². The lowest BCUT2D eigenvalue weighted by Gasteiger charge is -2.26. The van der Waals surface area contributed by atoms with Gasteiger partial charge in [0, 0.05) is 22.9 Å². The van der Waals surface area contributed by atoms with Gasteiger partial charge in [0.1, 0.15) is 11.6 Å². The van der Waals surface area contributed by atoms with Gasteiger partial charge in [-0.15, -0.1) is 0 Å². The summed E-state index contributed by atoms with van der Waals surface area (Å²) in [5, 5.41) is 6.56. The third kappa shape index (κ3) is 6.85. The molecule has 196 valence electrons. The van der Waals surface area contributed by atoms with E-state index in [0.29, 0.717) is 29.7 Å². The van der Waals surface area contributed by atoms with E-state index >= 15 is 0 Å². The normalized spacial score (nSPS) is 15.0. The van der Waals surface area contributed by atoms with E-state index in [1.807, 2.05) is 30.3 Å². The topological polar surface area (TPSA) is 123 Å². The van der Waals surface area contributed by atoms with Crippen LogP contribution in [-0.2, 0) is 30.7 Å². The molecule has 3 N–H and O–H groups in total. The Labute approximate surface area is 216 Å². The van der Waals surface area contributed by atoms with Crippen LogP contribution in [-0.4, -0.2) is 51.3 Å². The molecule has 1 aliphatic heterocycles. The summed E-state index contributed by atoms with van der Waals surface area (Å²) in [7, 11) is -3.80. The molecule has 1 heterocycles. The Morgan fingerprint density at radius 2 is 1.65 bits per heavy atom. The minimum absolute atomic E-state index is 0.112. The largest absolute Gasteiger partial charge is 0.444 e. The van der Waals surface area contributed by atoms with Gasteiger partial charge in [0.2, 0.25) is 15.9 Å². The molecule has 3 aromatic carbocycles.